The molecule has 0 aliphatic carbocycles. The Balaban J connectivity index is 1.81. The van der Waals surface area contributed by atoms with Gasteiger partial charge in [0.15, 0.2) is 11.6 Å². The Morgan fingerprint density at radius 2 is 2.10 bits per heavy atom. The van der Waals surface area contributed by atoms with Crippen LogP contribution in [0.15, 0.2) is 17.4 Å². The van der Waals surface area contributed by atoms with Crippen LogP contribution in [0.2, 0.25) is 0 Å². The summed E-state index contributed by atoms with van der Waals surface area (Å²) in [5.41, 5.74) is 2.65. The Kier molecular flexibility index (Phi) is 2.76. The molecule has 0 bridgehead atoms. The largest absolute Gasteiger partial charge is 0.458 e. The van der Waals surface area contributed by atoms with E-state index in [2.05, 4.69) is 19.9 Å². The zero-order chi connectivity index (χ0) is 14.6. The highest BCUT2D eigenvalue weighted by Gasteiger charge is 2.40. The molecule has 6 heteroatoms. The van der Waals surface area contributed by atoms with E-state index < -0.39 is 4.87 Å². The van der Waals surface area contributed by atoms with Crippen molar-refractivity contribution >= 4 is 28.7 Å². The molecule has 4 rings (SSSR count). The highest BCUT2D eigenvalue weighted by Crippen LogP contribution is 2.45. The molecule has 3 aliphatic heterocycles. The predicted octanol–water partition coefficient (Wildman–Crippen LogP) is 2.65. The molecule has 1 saturated heterocycles. The number of rotatable bonds is 1. The molecule has 0 saturated carbocycles. The Morgan fingerprint density at radius 1 is 1.33 bits per heavy atom. The zero-order valence-corrected chi connectivity index (χ0v) is 12.9. The Bertz CT molecular complexity index is 662. The summed E-state index contributed by atoms with van der Waals surface area (Å²) in [6, 6.07) is 0. The molecule has 0 radical (unpaired) electrons. The van der Waals surface area contributed by atoms with Crippen LogP contribution in [0, 0.1) is 0 Å². The molecule has 2 unspecified atom stereocenters. The van der Waals surface area contributed by atoms with Gasteiger partial charge in [-0.15, -0.1) is 11.6 Å². The zero-order valence-electron chi connectivity index (χ0n) is 12.1. The molecule has 110 valence electrons. The van der Waals surface area contributed by atoms with Crippen molar-refractivity contribution in [2.24, 2.45) is 4.99 Å². The van der Waals surface area contributed by atoms with Crippen molar-refractivity contribution in [1.29, 1.82) is 0 Å². The number of ether oxygens (including phenoxy) is 1. The quantitative estimate of drug-likeness (QED) is 0.749. The van der Waals surface area contributed by atoms with Gasteiger partial charge in [-0.25, -0.2) is 15.0 Å². The molecule has 0 spiro atoms. The number of alkyl halides is 1. The minimum atomic E-state index is -0.574. The summed E-state index contributed by atoms with van der Waals surface area (Å²) < 4.78 is 6.04. The maximum absolute atomic E-state index is 6.51. The Hall–Kier alpha value is -1.62. The molecular weight excluding hydrogens is 288 g/mol. The van der Waals surface area contributed by atoms with Crippen LogP contribution in [0.25, 0.3) is 5.57 Å². The Morgan fingerprint density at radius 3 is 2.86 bits per heavy atom. The summed E-state index contributed by atoms with van der Waals surface area (Å²) in [7, 11) is 0. The number of allylic oxidation sites excluding steroid dienone is 1. The van der Waals surface area contributed by atoms with Gasteiger partial charge in [-0.3, -0.25) is 0 Å². The van der Waals surface area contributed by atoms with E-state index >= 15 is 0 Å². The van der Waals surface area contributed by atoms with Gasteiger partial charge in [-0.05, 0) is 32.8 Å². The van der Waals surface area contributed by atoms with Gasteiger partial charge in [-0.1, -0.05) is 0 Å². The summed E-state index contributed by atoms with van der Waals surface area (Å²) in [6.07, 6.45) is 5.68. The molecule has 2 atom stereocenters. The average Bonchev–Trinajstić information content (AvgIpc) is 3.07. The lowest BCUT2D eigenvalue weighted by Crippen LogP contribution is -2.31. The first-order valence-corrected chi connectivity index (χ1v) is 7.67. The van der Waals surface area contributed by atoms with Crippen LogP contribution in [-0.4, -0.2) is 39.9 Å². The van der Waals surface area contributed by atoms with Crippen molar-refractivity contribution in [2.75, 3.05) is 18.0 Å². The fourth-order valence-corrected chi connectivity index (χ4v) is 3.23. The van der Waals surface area contributed by atoms with E-state index in [0.717, 1.165) is 41.6 Å². The van der Waals surface area contributed by atoms with E-state index in [1.54, 1.807) is 6.33 Å². The average molecular weight is 305 g/mol. The first-order valence-electron chi connectivity index (χ1n) is 7.30. The molecule has 1 fully saturated rings. The monoisotopic (exact) mass is 304 g/mol. The van der Waals surface area contributed by atoms with Crippen molar-refractivity contribution in [3.8, 4) is 5.75 Å². The molecule has 0 amide bonds. The summed E-state index contributed by atoms with van der Waals surface area (Å²) >= 11 is 6.51. The Labute approximate surface area is 128 Å². The van der Waals surface area contributed by atoms with Crippen molar-refractivity contribution in [3.63, 3.8) is 0 Å². The molecule has 21 heavy (non-hydrogen) atoms. The molecular formula is C15H17ClN4O. The molecule has 0 aromatic carbocycles. The number of aliphatic imine (C=N–C) groups is 1. The number of fused-ring (bicyclic) bond motifs is 3. The van der Waals surface area contributed by atoms with E-state index in [9.17, 15) is 0 Å². The van der Waals surface area contributed by atoms with Crippen molar-refractivity contribution in [3.05, 3.63) is 18.1 Å². The minimum Gasteiger partial charge on any atom is -0.458 e. The number of aromatic nitrogens is 2. The van der Waals surface area contributed by atoms with Crippen molar-refractivity contribution in [1.82, 2.24) is 9.97 Å². The van der Waals surface area contributed by atoms with Crippen LogP contribution in [0.1, 0.15) is 32.4 Å². The van der Waals surface area contributed by atoms with Gasteiger partial charge >= 0.3 is 0 Å². The number of dihydropyridines is 1. The van der Waals surface area contributed by atoms with Gasteiger partial charge in [0.05, 0.1) is 4.87 Å². The van der Waals surface area contributed by atoms with Gasteiger partial charge in [0.2, 0.25) is 6.23 Å². The third kappa shape index (κ3) is 1.94. The standard InChI is InChI=1S/C15H17ClN4O/c1-9-15(2,16)7-10-11-12(21-14(10)19-9)13(18-8-17-11)20-5-3-4-6-20/h7-8,14H,3-6H2,1-2H3. The number of nitrogens with zero attached hydrogens (tertiary/aromatic N) is 4. The first kappa shape index (κ1) is 13.1. The third-order valence-electron chi connectivity index (χ3n) is 4.40. The maximum Gasteiger partial charge on any atom is 0.218 e. The van der Waals surface area contributed by atoms with Gasteiger partial charge < -0.3 is 9.64 Å². The molecule has 3 aliphatic rings. The molecule has 1 aromatic heterocycles. The summed E-state index contributed by atoms with van der Waals surface area (Å²) in [6.45, 7) is 5.91. The summed E-state index contributed by atoms with van der Waals surface area (Å²) in [5.74, 6) is 1.64. The van der Waals surface area contributed by atoms with Crippen LogP contribution in [-0.2, 0) is 0 Å². The van der Waals surface area contributed by atoms with E-state index in [4.69, 9.17) is 16.3 Å². The smallest absolute Gasteiger partial charge is 0.218 e. The topological polar surface area (TPSA) is 50.6 Å². The van der Waals surface area contributed by atoms with Crippen molar-refractivity contribution in [2.45, 2.75) is 37.8 Å². The highest BCUT2D eigenvalue weighted by molar-refractivity contribution is 6.38. The molecule has 4 heterocycles. The maximum atomic E-state index is 6.51. The second kappa shape index (κ2) is 4.44. The third-order valence-corrected chi connectivity index (χ3v) is 4.79. The van der Waals surface area contributed by atoms with E-state index in [0.29, 0.717) is 0 Å². The lowest BCUT2D eigenvalue weighted by molar-refractivity contribution is 0.284. The normalized spacial score (nSPS) is 30.4. The molecule has 0 N–H and O–H groups in total. The lowest BCUT2D eigenvalue weighted by atomic mass is 9.97. The fraction of sp³-hybridized carbons (Fsp3) is 0.533. The van der Waals surface area contributed by atoms with Crippen LogP contribution >= 0.6 is 11.6 Å². The minimum absolute atomic E-state index is 0.329. The molecule has 1 aromatic rings. The van der Waals surface area contributed by atoms with E-state index in [-0.39, 0.29) is 6.23 Å². The SMILES string of the molecule is CC1=NC2Oc3c(ncnc3N3CCCC3)C2=CC1(C)Cl. The second-order valence-electron chi connectivity index (χ2n) is 5.93. The summed E-state index contributed by atoms with van der Waals surface area (Å²) in [5, 5.41) is 0. The van der Waals surface area contributed by atoms with Gasteiger partial charge in [0.1, 0.15) is 12.0 Å². The van der Waals surface area contributed by atoms with Crippen LogP contribution in [0.5, 0.6) is 5.75 Å². The van der Waals surface area contributed by atoms with Crippen LogP contribution in [0.4, 0.5) is 5.82 Å². The first-order chi connectivity index (χ1) is 10.1. The predicted molar refractivity (Wildman–Crippen MR) is 83.2 cm³/mol. The van der Waals surface area contributed by atoms with Gasteiger partial charge in [0.25, 0.3) is 0 Å². The van der Waals surface area contributed by atoms with Crippen molar-refractivity contribution < 1.29 is 4.74 Å². The van der Waals surface area contributed by atoms with Gasteiger partial charge in [0, 0.05) is 24.4 Å². The van der Waals surface area contributed by atoms with Crippen LogP contribution < -0.4 is 9.64 Å². The highest BCUT2D eigenvalue weighted by atomic mass is 35.5. The number of halogens is 1. The van der Waals surface area contributed by atoms with E-state index in [1.807, 2.05) is 19.9 Å². The summed E-state index contributed by atoms with van der Waals surface area (Å²) in [4.78, 5) is 15.1. The van der Waals surface area contributed by atoms with E-state index in [1.165, 1.54) is 12.8 Å². The molecule has 5 nitrogen and oxygen atoms in total. The van der Waals surface area contributed by atoms with Gasteiger partial charge in [-0.2, -0.15) is 0 Å². The number of anilines is 1. The van der Waals surface area contributed by atoms with Crippen LogP contribution in [0.3, 0.4) is 0 Å². The number of hydrogen-bond acceptors (Lipinski definition) is 5. The number of hydrogen-bond donors (Lipinski definition) is 0. The lowest BCUT2D eigenvalue weighted by Gasteiger charge is -2.25. The fourth-order valence-electron chi connectivity index (χ4n) is 3.06. The second-order valence-corrected chi connectivity index (χ2v) is 6.71.